The summed E-state index contributed by atoms with van der Waals surface area (Å²) in [5, 5.41) is 4.70. The number of amides is 2. The summed E-state index contributed by atoms with van der Waals surface area (Å²) in [4.78, 5) is 19.1. The van der Waals surface area contributed by atoms with E-state index in [0.717, 1.165) is 37.4 Å². The Hall–Kier alpha value is -2.89. The largest absolute Gasteiger partial charge is 0.371 e. The standard InChI is InChI=1S/C26H31F2N5O3S/c1-4-37(3,35-2)30-16-11-18-15-33(26(34)32(18)14-16)25-24-19(23-20(27)7-5-8-21(23)28)12-17(31-9-6-10-31)13-22(24)36-29-25/h5,7-8,12-13,16,18,30H,4,6,9-11,14-15H2,1-3H3/t16-,18-/m0/s1. The van der Waals surface area contributed by atoms with Crippen LogP contribution in [0, 0.1) is 11.6 Å². The highest BCUT2D eigenvalue weighted by Gasteiger charge is 2.47. The molecule has 1 unspecified atom stereocenters. The highest BCUT2D eigenvalue weighted by atomic mass is 32.3. The number of carbonyl (C=O) groups excluding carboxylic acids is 1. The molecule has 3 atom stereocenters. The number of halogens is 2. The number of nitrogens with one attached hydrogen (secondary N) is 1. The lowest BCUT2D eigenvalue weighted by Gasteiger charge is -2.36. The SMILES string of the molecule is CCS(C)(N[C@H]1C[C@H]2CN(c3noc4cc(N5CCC5)cc(-c5c(F)cccc5F)c34)C(=O)N2C1)OC. The van der Waals surface area contributed by atoms with Gasteiger partial charge in [0.15, 0.2) is 11.4 Å². The number of hydrogen-bond donors (Lipinski definition) is 1. The van der Waals surface area contributed by atoms with Gasteiger partial charge < -0.3 is 18.5 Å². The molecule has 2 aromatic carbocycles. The average Bonchev–Trinajstić information content (AvgIpc) is 3.51. The van der Waals surface area contributed by atoms with Crippen LogP contribution in [0.5, 0.6) is 0 Å². The van der Waals surface area contributed by atoms with E-state index in [9.17, 15) is 4.79 Å². The molecule has 2 amide bonds. The summed E-state index contributed by atoms with van der Waals surface area (Å²) < 4.78 is 45.0. The molecular weight excluding hydrogens is 500 g/mol. The fourth-order valence-corrected chi connectivity index (χ4v) is 6.94. The van der Waals surface area contributed by atoms with Gasteiger partial charge in [0.1, 0.15) is 11.6 Å². The van der Waals surface area contributed by atoms with E-state index in [0.29, 0.717) is 35.4 Å². The maximum Gasteiger partial charge on any atom is 0.326 e. The highest BCUT2D eigenvalue weighted by Crippen LogP contribution is 2.45. The van der Waals surface area contributed by atoms with Gasteiger partial charge >= 0.3 is 6.03 Å². The molecule has 1 aromatic heterocycles. The van der Waals surface area contributed by atoms with Gasteiger partial charge in [0.25, 0.3) is 0 Å². The normalized spacial score (nSPS) is 23.9. The fraction of sp³-hybridized carbons (Fsp3) is 0.462. The number of rotatable bonds is 7. The lowest BCUT2D eigenvalue weighted by atomic mass is 9.98. The van der Waals surface area contributed by atoms with Crippen LogP contribution >= 0.6 is 10.5 Å². The monoisotopic (exact) mass is 531 g/mol. The Morgan fingerprint density at radius 3 is 2.59 bits per heavy atom. The Kier molecular flexibility index (Phi) is 6.04. The zero-order valence-electron chi connectivity index (χ0n) is 21.2. The van der Waals surface area contributed by atoms with Gasteiger partial charge in [0, 0.05) is 62.4 Å². The molecule has 6 rings (SSSR count). The number of nitrogens with zero attached hydrogens (tertiary/aromatic N) is 4. The molecule has 0 aliphatic carbocycles. The number of benzene rings is 2. The minimum Gasteiger partial charge on any atom is -0.371 e. The van der Waals surface area contributed by atoms with Gasteiger partial charge in [-0.15, -0.1) is 0 Å². The lowest BCUT2D eigenvalue weighted by molar-refractivity contribution is 0.218. The van der Waals surface area contributed by atoms with E-state index < -0.39 is 22.1 Å². The number of anilines is 2. The van der Waals surface area contributed by atoms with E-state index >= 15 is 8.78 Å². The first-order valence-corrected chi connectivity index (χ1v) is 14.7. The van der Waals surface area contributed by atoms with Gasteiger partial charge in [-0.3, -0.25) is 9.62 Å². The van der Waals surface area contributed by atoms with Crippen molar-refractivity contribution in [2.45, 2.75) is 31.8 Å². The fourth-order valence-electron chi connectivity index (χ4n) is 5.57. The van der Waals surface area contributed by atoms with Crippen LogP contribution in [-0.2, 0) is 4.18 Å². The molecule has 1 N–H and O–H groups in total. The smallest absolute Gasteiger partial charge is 0.326 e. The first-order valence-electron chi connectivity index (χ1n) is 12.6. The topological polar surface area (TPSA) is 74.1 Å². The molecule has 3 saturated heterocycles. The first-order chi connectivity index (χ1) is 17.8. The Bertz CT molecular complexity index is 1340. The minimum absolute atomic E-state index is 0.00289. The molecule has 3 aliphatic rings. The molecule has 4 heterocycles. The molecule has 198 valence electrons. The van der Waals surface area contributed by atoms with Crippen molar-refractivity contribution in [3.63, 3.8) is 0 Å². The number of aromatic nitrogens is 1. The van der Waals surface area contributed by atoms with Crippen molar-refractivity contribution in [3.05, 3.63) is 42.0 Å². The second-order valence-electron chi connectivity index (χ2n) is 10.0. The molecule has 0 spiro atoms. The van der Waals surface area contributed by atoms with Crippen LogP contribution < -0.4 is 14.5 Å². The third kappa shape index (κ3) is 4.04. The van der Waals surface area contributed by atoms with Crippen LogP contribution in [0.1, 0.15) is 19.8 Å². The summed E-state index contributed by atoms with van der Waals surface area (Å²) in [7, 11) is 0.327. The van der Waals surface area contributed by atoms with E-state index in [-0.39, 0.29) is 23.7 Å². The molecule has 0 radical (unpaired) electrons. The lowest BCUT2D eigenvalue weighted by Crippen LogP contribution is -2.39. The number of carbonyl (C=O) groups is 1. The van der Waals surface area contributed by atoms with Gasteiger partial charge in [-0.25, -0.2) is 13.6 Å². The molecule has 0 saturated carbocycles. The number of urea groups is 1. The van der Waals surface area contributed by atoms with Crippen molar-refractivity contribution in [1.29, 1.82) is 0 Å². The van der Waals surface area contributed by atoms with Crippen LogP contribution in [0.4, 0.5) is 25.1 Å². The Labute approximate surface area is 216 Å². The van der Waals surface area contributed by atoms with Crippen LogP contribution in [0.15, 0.2) is 34.9 Å². The van der Waals surface area contributed by atoms with Crippen molar-refractivity contribution >= 4 is 39.0 Å². The van der Waals surface area contributed by atoms with Crippen molar-refractivity contribution in [3.8, 4) is 11.1 Å². The van der Waals surface area contributed by atoms with E-state index in [1.54, 1.807) is 18.1 Å². The summed E-state index contributed by atoms with van der Waals surface area (Å²) in [6, 6.07) is 7.42. The van der Waals surface area contributed by atoms with Gasteiger partial charge in [-0.2, -0.15) is 0 Å². The zero-order valence-corrected chi connectivity index (χ0v) is 22.0. The summed E-state index contributed by atoms with van der Waals surface area (Å²) in [5.74, 6) is -0.162. The second kappa shape index (κ2) is 9.14. The predicted octanol–water partition coefficient (Wildman–Crippen LogP) is 4.89. The Morgan fingerprint density at radius 2 is 1.97 bits per heavy atom. The summed E-state index contributed by atoms with van der Waals surface area (Å²) in [6.45, 7) is 4.81. The Morgan fingerprint density at radius 1 is 1.22 bits per heavy atom. The van der Waals surface area contributed by atoms with E-state index in [1.807, 2.05) is 11.0 Å². The van der Waals surface area contributed by atoms with Crippen LogP contribution in [0.3, 0.4) is 0 Å². The average molecular weight is 532 g/mol. The van der Waals surface area contributed by atoms with Gasteiger partial charge in [-0.1, -0.05) is 28.6 Å². The summed E-state index contributed by atoms with van der Waals surface area (Å²) in [6.07, 6.45) is 3.93. The molecular formula is C26H31F2N5O3S. The third-order valence-electron chi connectivity index (χ3n) is 7.87. The quantitative estimate of drug-likeness (QED) is 0.468. The molecule has 3 aromatic rings. The molecule has 37 heavy (non-hydrogen) atoms. The summed E-state index contributed by atoms with van der Waals surface area (Å²) in [5.41, 5.74) is 1.42. The maximum atomic E-state index is 15.0. The highest BCUT2D eigenvalue weighted by molar-refractivity contribution is 8.27. The first kappa shape index (κ1) is 24.4. The predicted molar refractivity (Wildman–Crippen MR) is 142 cm³/mol. The number of hydrogen-bond acceptors (Lipinski definition) is 6. The Balaban J connectivity index is 1.36. The molecule has 3 aliphatic heterocycles. The van der Waals surface area contributed by atoms with Crippen molar-refractivity contribution in [2.75, 3.05) is 55.1 Å². The van der Waals surface area contributed by atoms with Gasteiger partial charge in [0.05, 0.1) is 17.0 Å². The zero-order chi connectivity index (χ0) is 25.9. The van der Waals surface area contributed by atoms with Crippen molar-refractivity contribution in [1.82, 2.24) is 14.8 Å². The summed E-state index contributed by atoms with van der Waals surface area (Å²) >= 11 is 0. The molecule has 0 bridgehead atoms. The second-order valence-corrected chi connectivity index (χ2v) is 13.2. The van der Waals surface area contributed by atoms with Crippen molar-refractivity contribution < 1.29 is 22.3 Å². The van der Waals surface area contributed by atoms with Crippen LogP contribution in [-0.4, -0.2) is 73.5 Å². The molecule has 11 heteroatoms. The molecule has 8 nitrogen and oxygen atoms in total. The maximum absolute atomic E-state index is 15.0. The van der Waals surface area contributed by atoms with Crippen LogP contribution in [0.25, 0.3) is 22.1 Å². The van der Waals surface area contributed by atoms with E-state index in [1.165, 1.54) is 18.2 Å². The minimum atomic E-state index is -1.39. The van der Waals surface area contributed by atoms with Crippen molar-refractivity contribution in [2.24, 2.45) is 0 Å². The van der Waals surface area contributed by atoms with E-state index in [2.05, 4.69) is 28.0 Å². The van der Waals surface area contributed by atoms with Crippen LogP contribution in [0.2, 0.25) is 0 Å². The van der Waals surface area contributed by atoms with Gasteiger partial charge in [-0.05, 0) is 37.3 Å². The molecule has 3 fully saturated rings. The van der Waals surface area contributed by atoms with E-state index in [4.69, 9.17) is 8.71 Å². The third-order valence-corrected chi connectivity index (χ3v) is 10.5. The number of fused-ring (bicyclic) bond motifs is 2. The van der Waals surface area contributed by atoms with Gasteiger partial charge in [0.2, 0.25) is 0 Å².